The van der Waals surface area contributed by atoms with E-state index in [-0.39, 0.29) is 86.8 Å². The summed E-state index contributed by atoms with van der Waals surface area (Å²) >= 11 is 0. The Morgan fingerprint density at radius 3 is 1.93 bits per heavy atom. The first-order valence-electron chi connectivity index (χ1n) is 32.9. The number of nitrogens with two attached hydrogens (primary N) is 1. The Balaban J connectivity index is 1.37. The Morgan fingerprint density at radius 1 is 0.713 bits per heavy atom. The van der Waals surface area contributed by atoms with Gasteiger partial charge in [0.25, 0.3) is 11.8 Å². The molecule has 26 nitrogen and oxygen atoms in total. The number of benzene rings is 2. The zero-order chi connectivity index (χ0) is 70.1. The highest BCUT2D eigenvalue weighted by Crippen LogP contribution is 2.31. The van der Waals surface area contributed by atoms with Crippen LogP contribution in [0.25, 0.3) is 0 Å². The number of methoxy groups -OCH3 is 2. The van der Waals surface area contributed by atoms with Gasteiger partial charge in [-0.3, -0.25) is 53.0 Å². The summed E-state index contributed by atoms with van der Waals surface area (Å²) < 4.78 is 17.7. The Morgan fingerprint density at radius 2 is 1.35 bits per heavy atom. The maximum absolute atomic E-state index is 14.8. The number of nitrogens with zero attached hydrogens (tertiary/aromatic N) is 4. The van der Waals surface area contributed by atoms with Gasteiger partial charge in [-0.15, -0.1) is 0 Å². The van der Waals surface area contributed by atoms with Crippen molar-refractivity contribution in [2.45, 2.75) is 201 Å². The molecule has 2 aromatic rings. The minimum atomic E-state index is -1.11. The van der Waals surface area contributed by atoms with Crippen LogP contribution in [0.1, 0.15) is 151 Å². The quantitative estimate of drug-likeness (QED) is 0.0321. The molecule has 9 N–H and O–H groups in total. The van der Waals surface area contributed by atoms with Gasteiger partial charge in [0.2, 0.25) is 41.4 Å². The number of unbranched alkanes of at least 4 members (excludes halogenated alkanes) is 2. The van der Waals surface area contributed by atoms with Crippen molar-refractivity contribution in [3.05, 3.63) is 77.9 Å². The molecule has 2 heterocycles. The van der Waals surface area contributed by atoms with E-state index < -0.39 is 114 Å². The number of imide groups is 1. The molecule has 0 spiro atoms. The van der Waals surface area contributed by atoms with Crippen LogP contribution in [0.4, 0.5) is 15.3 Å². The van der Waals surface area contributed by atoms with E-state index in [1.807, 2.05) is 32.0 Å². The Labute approximate surface area is 554 Å². The summed E-state index contributed by atoms with van der Waals surface area (Å²) in [6.07, 6.45) is 2.94. The summed E-state index contributed by atoms with van der Waals surface area (Å²) in [7, 11) is 6.08. The van der Waals surface area contributed by atoms with Crippen LogP contribution in [0, 0.1) is 29.6 Å². The molecular formula is C68H105N11O15. The smallest absolute Gasteiger partial charge is 0.410 e. The molecule has 0 radical (unpaired) electrons. The highest BCUT2D eigenvalue weighted by atomic mass is 16.6. The second kappa shape index (κ2) is 38.4. The summed E-state index contributed by atoms with van der Waals surface area (Å²) in [5.74, 6) is -6.02. The molecule has 0 aromatic heterocycles. The van der Waals surface area contributed by atoms with Crippen LogP contribution in [-0.4, -0.2) is 192 Å². The van der Waals surface area contributed by atoms with Crippen molar-refractivity contribution in [3.8, 4) is 0 Å². The number of ether oxygens (including phenoxy) is 3. The predicted molar refractivity (Wildman–Crippen MR) is 353 cm³/mol. The van der Waals surface area contributed by atoms with E-state index in [0.717, 1.165) is 4.90 Å². The number of aliphatic hydroxyl groups excluding tert-OH is 1. The molecule has 12 atom stereocenters. The van der Waals surface area contributed by atoms with Gasteiger partial charge in [0.05, 0.1) is 48.8 Å². The highest BCUT2D eigenvalue weighted by Gasteiger charge is 2.44. The highest BCUT2D eigenvalue weighted by molar-refractivity contribution is 6.12. The Hall–Kier alpha value is -7.97. The zero-order valence-electron chi connectivity index (χ0n) is 57.4. The average molecular weight is 1320 g/mol. The van der Waals surface area contributed by atoms with Gasteiger partial charge in [0, 0.05) is 72.2 Å². The number of anilines is 1. The van der Waals surface area contributed by atoms with Crippen LogP contribution >= 0.6 is 0 Å². The first-order chi connectivity index (χ1) is 44.5. The summed E-state index contributed by atoms with van der Waals surface area (Å²) in [5.41, 5.74) is 6.77. The third-order valence-corrected chi connectivity index (χ3v) is 17.7. The van der Waals surface area contributed by atoms with Gasteiger partial charge in [0.15, 0.2) is 0 Å². The van der Waals surface area contributed by atoms with Crippen molar-refractivity contribution in [1.29, 1.82) is 0 Å². The summed E-state index contributed by atoms with van der Waals surface area (Å²) in [6.45, 7) is 18.6. The first-order valence-corrected chi connectivity index (χ1v) is 32.9. The molecule has 94 heavy (non-hydrogen) atoms. The van der Waals surface area contributed by atoms with Gasteiger partial charge < -0.3 is 66.8 Å². The molecule has 2 aliphatic rings. The third kappa shape index (κ3) is 22.9. The van der Waals surface area contributed by atoms with Crippen molar-refractivity contribution in [2.24, 2.45) is 35.3 Å². The fourth-order valence-electron chi connectivity index (χ4n) is 12.1. The first kappa shape index (κ1) is 78.5. The molecule has 1 fully saturated rings. The van der Waals surface area contributed by atoms with E-state index in [2.05, 4.69) is 31.9 Å². The number of urea groups is 1. The number of hydrogen-bond donors (Lipinski definition) is 8. The van der Waals surface area contributed by atoms with Crippen LogP contribution in [0.15, 0.2) is 66.7 Å². The third-order valence-electron chi connectivity index (χ3n) is 17.7. The lowest BCUT2D eigenvalue weighted by molar-refractivity contribution is -0.148. The van der Waals surface area contributed by atoms with Crippen LogP contribution in [0.3, 0.4) is 0 Å². The van der Waals surface area contributed by atoms with Gasteiger partial charge in [0.1, 0.15) is 30.8 Å². The largest absolute Gasteiger partial charge is 0.445 e. The molecular weight excluding hydrogens is 1210 g/mol. The van der Waals surface area contributed by atoms with Crippen molar-refractivity contribution < 1.29 is 72.1 Å². The molecule has 4 rings (SSSR count). The average Bonchev–Trinajstić information content (AvgIpc) is 1.33. The number of rotatable bonds is 38. The van der Waals surface area contributed by atoms with Crippen LogP contribution in [-0.2, 0) is 64.0 Å². The van der Waals surface area contributed by atoms with E-state index in [4.69, 9.17) is 19.9 Å². The number of likely N-dealkylation sites (tertiary alicyclic amines) is 1. The van der Waals surface area contributed by atoms with Crippen LogP contribution < -0.4 is 37.6 Å². The number of likely N-dealkylation sites (N-methyl/N-ethyl adjacent to an activating group) is 2. The number of nitrogens with one attached hydrogen (secondary N) is 6. The van der Waals surface area contributed by atoms with E-state index in [1.165, 1.54) is 38.3 Å². The van der Waals surface area contributed by atoms with Gasteiger partial charge in [-0.05, 0) is 92.4 Å². The number of hydrogen-bond acceptors (Lipinski definition) is 15. The van der Waals surface area contributed by atoms with E-state index in [0.29, 0.717) is 61.9 Å². The molecule has 0 aliphatic carbocycles. The second-order valence-corrected chi connectivity index (χ2v) is 25.8. The lowest BCUT2D eigenvalue weighted by atomic mass is 9.89. The number of primary amides is 1. The minimum Gasteiger partial charge on any atom is -0.445 e. The van der Waals surface area contributed by atoms with E-state index >= 15 is 0 Å². The van der Waals surface area contributed by atoms with Crippen LogP contribution in [0.2, 0.25) is 0 Å². The van der Waals surface area contributed by atoms with Gasteiger partial charge in [-0.2, -0.15) is 0 Å². The summed E-state index contributed by atoms with van der Waals surface area (Å²) in [6, 6.07) is 8.74. The number of carbonyl (C=O) groups is 11. The monoisotopic (exact) mass is 1320 g/mol. The zero-order valence-corrected chi connectivity index (χ0v) is 57.4. The molecule has 26 heteroatoms. The minimum absolute atomic E-state index is 0.0841. The Bertz CT molecular complexity index is 2880. The van der Waals surface area contributed by atoms with Crippen molar-refractivity contribution in [3.63, 3.8) is 0 Å². The lowest BCUT2D eigenvalue weighted by Gasteiger charge is -2.41. The lowest BCUT2D eigenvalue weighted by Crippen LogP contribution is -2.60. The van der Waals surface area contributed by atoms with E-state index in [1.54, 1.807) is 109 Å². The molecule has 1 saturated heterocycles. The molecule has 0 bridgehead atoms. The normalized spacial score (nSPS) is 17.4. The van der Waals surface area contributed by atoms with Gasteiger partial charge >= 0.3 is 12.1 Å². The van der Waals surface area contributed by atoms with Gasteiger partial charge in [-0.1, -0.05) is 118 Å². The van der Waals surface area contributed by atoms with Gasteiger partial charge in [-0.25, -0.2) is 9.59 Å². The summed E-state index contributed by atoms with van der Waals surface area (Å²) in [4.78, 5) is 152. The SMILES string of the molecule is CC[C@H](C)[C@@H]([C@@H](CC(=O)N1CCC[C@H]1[C@H](OC)[C@@H](C)C(=O)N[C@H](C)[C@@H](O)c1ccccc1)OC)N(C)C(=O)[C@@H](NC(=O)C(C(C)C)N(C)C(=O)OCc1ccc(NC(=O)[C@@H](CCCNC(N)=O)NC(=O)[C@@H](NC(=O)CCCCCN2C(=O)C=CC2=O)C(C)C)cc1)C(C)C. The molecule has 1 unspecified atom stereocenters. The Kier molecular flexibility index (Phi) is 32.1. The summed E-state index contributed by atoms with van der Waals surface area (Å²) in [5, 5.41) is 27.6. The molecule has 2 aromatic carbocycles. The van der Waals surface area contributed by atoms with Crippen molar-refractivity contribution in [2.75, 3.05) is 53.3 Å². The molecule has 522 valence electrons. The standard InChI is InChI=1S/C68H105N11O15/c1-15-43(8)59(51(92-13)38-55(83)78-37-23-27-50(78)61(93-14)44(9)62(85)71-45(10)60(84)47-24-18-16-19-25-47)76(11)66(89)57(41(4)5)75-65(88)58(42(6)7)77(12)68(91)94-39-46-29-31-48(32-30-46)72-63(86)49(26-22-35-70-67(69)90)73-64(87)56(40(2)3)74-52(80)28-20-17-21-36-79-53(81)33-34-54(79)82/h16,18-19,24-25,29-34,40-45,49-51,56-61,84H,15,17,20-23,26-28,35-39H2,1-14H3,(H,71,85)(H,72,86)(H,73,87)(H,74,80)(H,75,88)(H3,69,70,90)/t43-,44+,45+,49+,50-,51+,56-,57-,58?,59-,60+,61+/m0/s1. The molecule has 12 amide bonds. The topological polar surface area (TPSA) is 347 Å². The maximum atomic E-state index is 14.8. The second-order valence-electron chi connectivity index (χ2n) is 25.8. The maximum Gasteiger partial charge on any atom is 0.410 e. The molecule has 0 saturated carbocycles. The number of carbonyl (C=O) groups excluding carboxylic acids is 11. The number of amides is 12. The number of aliphatic hydroxyl groups is 1. The van der Waals surface area contributed by atoms with Crippen molar-refractivity contribution in [1.82, 2.24) is 46.2 Å². The fraction of sp³-hybridized carbons (Fsp3) is 0.632. The predicted octanol–water partition coefficient (Wildman–Crippen LogP) is 5.08. The van der Waals surface area contributed by atoms with E-state index in [9.17, 15) is 57.8 Å². The van der Waals surface area contributed by atoms with Crippen molar-refractivity contribution >= 4 is 71.0 Å². The fourth-order valence-corrected chi connectivity index (χ4v) is 12.1. The van der Waals surface area contributed by atoms with Crippen LogP contribution in [0.5, 0.6) is 0 Å². The molecule has 2 aliphatic heterocycles.